The maximum absolute atomic E-state index is 17.1. The van der Waals surface area contributed by atoms with Gasteiger partial charge in [0.05, 0.1) is 46.5 Å². The van der Waals surface area contributed by atoms with Crippen LogP contribution in [0.5, 0.6) is 5.88 Å². The molecule has 5 aromatic rings. The van der Waals surface area contributed by atoms with Gasteiger partial charge in [0.1, 0.15) is 11.6 Å². The van der Waals surface area contributed by atoms with Crippen molar-refractivity contribution >= 4 is 50.9 Å². The van der Waals surface area contributed by atoms with Crippen LogP contribution in [0.4, 0.5) is 4.39 Å². The molecule has 5 atom stereocenters. The molecule has 0 spiro atoms. The number of amides is 1. The molecule has 1 N–H and O–H groups in total. The van der Waals surface area contributed by atoms with Gasteiger partial charge in [-0.1, -0.05) is 35.3 Å². The fourth-order valence-corrected chi connectivity index (χ4v) is 9.11. The number of nitrogens with one attached hydrogen (secondary N) is 1. The van der Waals surface area contributed by atoms with Crippen molar-refractivity contribution < 1.29 is 13.9 Å². The lowest BCUT2D eigenvalue weighted by Crippen LogP contribution is -2.41. The van der Waals surface area contributed by atoms with Crippen molar-refractivity contribution in [1.82, 2.24) is 29.5 Å². The predicted molar refractivity (Wildman–Crippen MR) is 190 cm³/mol. The Morgan fingerprint density at radius 3 is 2.72 bits per heavy atom. The van der Waals surface area contributed by atoms with E-state index in [1.807, 2.05) is 31.0 Å². The number of nitriles is 1. The minimum atomic E-state index is -0.482. The summed E-state index contributed by atoms with van der Waals surface area (Å²) in [5.41, 5.74) is 4.38. The molecule has 10 rings (SSSR count). The Balaban J connectivity index is 1.27. The smallest absolute Gasteiger partial charge is 0.226 e. The molecule has 2 aliphatic carbocycles. The molecule has 5 unspecified atom stereocenters. The number of aromatic nitrogens is 4. The lowest BCUT2D eigenvalue weighted by Gasteiger charge is -2.39. The maximum atomic E-state index is 17.1. The standard InChI is InChI=1S/C38H36Cl2FN7O2/c1-19-25-16-30(29-15-23(50-31-10-12-44-46(31)2)18-47(29)38(49)20-8-9-20)48(36-22-14-28(36)43-17-22)37(25)26-13-21(5-4-11-42)32(34(41)35(26)45-19)24-6-3-7-27(39)33(24)40/h3,6-7,10,12-13,16,20,22-23,28-29,36,43H,4-5,8-9,14-15,17-18H2,1-2H3. The molecule has 50 heavy (non-hydrogen) atoms. The summed E-state index contributed by atoms with van der Waals surface area (Å²) in [6, 6.07) is 13.7. The van der Waals surface area contributed by atoms with E-state index in [2.05, 4.69) is 27.1 Å². The lowest BCUT2D eigenvalue weighted by atomic mass is 9.79. The summed E-state index contributed by atoms with van der Waals surface area (Å²) in [5, 5.41) is 19.8. The molecule has 2 bridgehead atoms. The van der Waals surface area contributed by atoms with Gasteiger partial charge in [-0.3, -0.25) is 4.79 Å². The van der Waals surface area contributed by atoms with E-state index in [-0.39, 0.29) is 53.0 Å². The van der Waals surface area contributed by atoms with E-state index in [0.717, 1.165) is 42.4 Å². The topological polar surface area (TPSA) is 101 Å². The highest BCUT2D eigenvalue weighted by Gasteiger charge is 2.51. The third-order valence-electron chi connectivity index (χ3n) is 11.3. The lowest BCUT2D eigenvalue weighted by molar-refractivity contribution is -0.133. The predicted octanol–water partition coefficient (Wildman–Crippen LogP) is 7.46. The summed E-state index contributed by atoms with van der Waals surface area (Å²) in [6.45, 7) is 3.32. The first-order valence-electron chi connectivity index (χ1n) is 17.4. The first-order valence-corrected chi connectivity index (χ1v) is 18.2. The second-order valence-corrected chi connectivity index (χ2v) is 15.1. The summed E-state index contributed by atoms with van der Waals surface area (Å²) in [5.74, 6) is 0.819. The number of halogens is 3. The highest BCUT2D eigenvalue weighted by molar-refractivity contribution is 6.43. The van der Waals surface area contributed by atoms with E-state index in [1.54, 1.807) is 29.1 Å². The van der Waals surface area contributed by atoms with Gasteiger partial charge >= 0.3 is 0 Å². The molecular formula is C38H36Cl2FN7O2. The number of carbonyl (C=O) groups excluding carboxylic acids is 1. The molecule has 1 amide bonds. The molecule has 256 valence electrons. The van der Waals surface area contributed by atoms with E-state index in [1.165, 1.54) is 0 Å². The van der Waals surface area contributed by atoms with Gasteiger partial charge in [0, 0.05) is 77.7 Å². The number of hydrogen-bond donors (Lipinski definition) is 1. The maximum Gasteiger partial charge on any atom is 0.226 e. The van der Waals surface area contributed by atoms with Crippen molar-refractivity contribution in [3.05, 3.63) is 75.4 Å². The van der Waals surface area contributed by atoms with Crippen LogP contribution in [-0.2, 0) is 18.3 Å². The van der Waals surface area contributed by atoms with Crippen molar-refractivity contribution in [2.24, 2.45) is 18.9 Å². The molecule has 2 saturated carbocycles. The Labute approximate surface area is 298 Å². The Kier molecular flexibility index (Phi) is 7.61. The van der Waals surface area contributed by atoms with Crippen LogP contribution in [0.15, 0.2) is 42.6 Å². The SMILES string of the molecule is Cc1nc2c(F)c(-c3cccc(Cl)c3Cl)c(CCC#N)cc2c2c1cc(C1CC(Oc3ccnn3C)CN1C(=O)C1CC1)n2C1C2CNC1C2. The number of pyridine rings is 1. The molecule has 3 aromatic heterocycles. The monoisotopic (exact) mass is 711 g/mol. The van der Waals surface area contributed by atoms with Gasteiger partial charge in [-0.2, -0.15) is 10.4 Å². The molecule has 3 saturated heterocycles. The van der Waals surface area contributed by atoms with Crippen LogP contribution in [0.2, 0.25) is 10.0 Å². The highest BCUT2D eigenvalue weighted by Crippen LogP contribution is 2.51. The number of likely N-dealkylation sites (tertiary alicyclic amines) is 1. The van der Waals surface area contributed by atoms with E-state index in [4.69, 9.17) is 32.9 Å². The largest absolute Gasteiger partial charge is 0.473 e. The fourth-order valence-electron chi connectivity index (χ4n) is 8.72. The number of benzene rings is 2. The van der Waals surface area contributed by atoms with Gasteiger partial charge in [-0.15, -0.1) is 0 Å². The van der Waals surface area contributed by atoms with Crippen LogP contribution in [0.1, 0.15) is 61.1 Å². The zero-order valence-corrected chi connectivity index (χ0v) is 29.3. The average molecular weight is 713 g/mol. The van der Waals surface area contributed by atoms with Gasteiger partial charge in [0.2, 0.25) is 11.8 Å². The number of carbonyl (C=O) groups is 1. The normalized spacial score (nSPS) is 24.2. The Morgan fingerprint density at radius 1 is 1.18 bits per heavy atom. The second-order valence-electron chi connectivity index (χ2n) is 14.3. The van der Waals surface area contributed by atoms with E-state index in [0.29, 0.717) is 64.0 Å². The molecule has 0 radical (unpaired) electrons. The fraction of sp³-hybridized carbons (Fsp3) is 0.421. The van der Waals surface area contributed by atoms with Gasteiger partial charge in [0.15, 0.2) is 5.82 Å². The van der Waals surface area contributed by atoms with Crippen LogP contribution in [0.3, 0.4) is 0 Å². The number of hydrogen-bond acceptors (Lipinski definition) is 6. The van der Waals surface area contributed by atoms with Gasteiger partial charge < -0.3 is 19.5 Å². The van der Waals surface area contributed by atoms with Crippen molar-refractivity contribution in [1.29, 1.82) is 5.26 Å². The zero-order chi connectivity index (χ0) is 34.4. The third kappa shape index (κ3) is 4.92. The van der Waals surface area contributed by atoms with E-state index in [9.17, 15) is 10.1 Å². The van der Waals surface area contributed by atoms with E-state index < -0.39 is 5.82 Å². The van der Waals surface area contributed by atoms with Crippen molar-refractivity contribution in [3.8, 4) is 23.1 Å². The first kappa shape index (κ1) is 31.8. The zero-order valence-electron chi connectivity index (χ0n) is 27.8. The van der Waals surface area contributed by atoms with Crippen molar-refractivity contribution in [2.75, 3.05) is 13.1 Å². The minimum absolute atomic E-state index is 0.0464. The number of fused-ring (bicyclic) bond motifs is 4. The molecule has 6 heterocycles. The summed E-state index contributed by atoms with van der Waals surface area (Å²) < 4.78 is 27.7. The Hall–Kier alpha value is -4.17. The van der Waals surface area contributed by atoms with Crippen LogP contribution in [-0.4, -0.2) is 55.4 Å². The van der Waals surface area contributed by atoms with Crippen LogP contribution in [0, 0.1) is 35.9 Å². The molecule has 12 heteroatoms. The quantitative estimate of drug-likeness (QED) is 0.179. The summed E-state index contributed by atoms with van der Waals surface area (Å²) in [7, 11) is 1.85. The first-order chi connectivity index (χ1) is 24.2. The van der Waals surface area contributed by atoms with Gasteiger partial charge in [-0.25, -0.2) is 14.1 Å². The molecule has 3 aliphatic heterocycles. The summed E-state index contributed by atoms with van der Waals surface area (Å²) >= 11 is 13.1. The molecule has 5 aliphatic rings. The summed E-state index contributed by atoms with van der Waals surface area (Å²) in [4.78, 5) is 20.9. The van der Waals surface area contributed by atoms with Gasteiger partial charge in [-0.05, 0) is 62.3 Å². The highest BCUT2D eigenvalue weighted by atomic mass is 35.5. The molecular weight excluding hydrogens is 676 g/mol. The minimum Gasteiger partial charge on any atom is -0.473 e. The molecule has 9 nitrogen and oxygen atoms in total. The average Bonchev–Trinajstić information content (AvgIpc) is 3.52. The van der Waals surface area contributed by atoms with Crippen molar-refractivity contribution in [3.63, 3.8) is 0 Å². The summed E-state index contributed by atoms with van der Waals surface area (Å²) in [6.07, 6.45) is 5.56. The van der Waals surface area contributed by atoms with Crippen molar-refractivity contribution in [2.45, 2.75) is 69.7 Å². The number of aryl methyl sites for hydroxylation is 3. The number of ether oxygens (including phenoxy) is 1. The van der Waals surface area contributed by atoms with Crippen LogP contribution in [0.25, 0.3) is 32.9 Å². The Morgan fingerprint density at radius 2 is 2.02 bits per heavy atom. The third-order valence-corrected chi connectivity index (χ3v) is 12.1. The number of rotatable bonds is 8. The Bertz CT molecular complexity index is 2240. The van der Waals surface area contributed by atoms with Crippen LogP contribution >= 0.6 is 23.2 Å². The van der Waals surface area contributed by atoms with E-state index >= 15 is 4.39 Å². The number of nitrogens with zero attached hydrogens (tertiary/aromatic N) is 6. The molecule has 2 aromatic carbocycles. The van der Waals surface area contributed by atoms with Gasteiger partial charge in [0.25, 0.3) is 0 Å². The second kappa shape index (κ2) is 12.0. The molecule has 5 fully saturated rings. The van der Waals surface area contributed by atoms with Crippen LogP contribution < -0.4 is 10.1 Å².